The molecular weight excluding hydrogens is 290 g/mol. The highest BCUT2D eigenvalue weighted by Gasteiger charge is 2.22. The van der Waals surface area contributed by atoms with E-state index in [1.807, 2.05) is 6.07 Å². The first kappa shape index (κ1) is 15.5. The third-order valence-corrected chi connectivity index (χ3v) is 5.08. The van der Waals surface area contributed by atoms with Crippen molar-refractivity contribution < 1.29 is 13.2 Å². The van der Waals surface area contributed by atoms with Crippen molar-refractivity contribution in [2.75, 3.05) is 18.8 Å². The van der Waals surface area contributed by atoms with E-state index in [2.05, 4.69) is 10.6 Å². The van der Waals surface area contributed by atoms with Crippen LogP contribution in [0.2, 0.25) is 0 Å². The van der Waals surface area contributed by atoms with Crippen LogP contribution in [-0.4, -0.2) is 39.2 Å². The SMILES string of the molecule is N#Cc1cccc(S(=O)(=O)CCNC2CCCNC2=O)c1. The fraction of sp³-hybridized carbons (Fsp3) is 0.429. The van der Waals surface area contributed by atoms with Crippen molar-refractivity contribution in [2.45, 2.75) is 23.8 Å². The molecular formula is C14H17N3O3S. The maximum absolute atomic E-state index is 12.2. The molecule has 1 atom stereocenters. The summed E-state index contributed by atoms with van der Waals surface area (Å²) in [5, 5.41) is 14.5. The van der Waals surface area contributed by atoms with Crippen molar-refractivity contribution in [1.29, 1.82) is 5.26 Å². The lowest BCUT2D eigenvalue weighted by Crippen LogP contribution is -2.49. The fourth-order valence-corrected chi connectivity index (χ4v) is 3.43. The minimum atomic E-state index is -3.46. The molecule has 112 valence electrons. The summed E-state index contributed by atoms with van der Waals surface area (Å²) >= 11 is 0. The summed E-state index contributed by atoms with van der Waals surface area (Å²) in [6.07, 6.45) is 1.61. The number of rotatable bonds is 5. The molecule has 1 saturated heterocycles. The number of carbonyl (C=O) groups excluding carboxylic acids is 1. The van der Waals surface area contributed by atoms with E-state index in [0.29, 0.717) is 12.1 Å². The molecule has 1 amide bonds. The second-order valence-corrected chi connectivity index (χ2v) is 7.01. The molecule has 0 radical (unpaired) electrons. The van der Waals surface area contributed by atoms with Gasteiger partial charge >= 0.3 is 0 Å². The summed E-state index contributed by atoms with van der Waals surface area (Å²) in [5.74, 6) is -0.184. The van der Waals surface area contributed by atoms with Gasteiger partial charge in [-0.15, -0.1) is 0 Å². The largest absolute Gasteiger partial charge is 0.355 e. The van der Waals surface area contributed by atoms with Gasteiger partial charge in [0.1, 0.15) is 0 Å². The van der Waals surface area contributed by atoms with Crippen LogP contribution in [0.3, 0.4) is 0 Å². The highest BCUT2D eigenvalue weighted by Crippen LogP contribution is 2.13. The van der Waals surface area contributed by atoms with Crippen LogP contribution in [0, 0.1) is 11.3 Å². The number of sulfone groups is 1. The molecule has 1 aliphatic heterocycles. The third-order valence-electron chi connectivity index (χ3n) is 3.37. The maximum atomic E-state index is 12.2. The first-order valence-corrected chi connectivity index (χ1v) is 8.42. The van der Waals surface area contributed by atoms with Crippen LogP contribution in [0.4, 0.5) is 0 Å². The van der Waals surface area contributed by atoms with E-state index >= 15 is 0 Å². The first-order valence-electron chi connectivity index (χ1n) is 6.77. The molecule has 6 nitrogen and oxygen atoms in total. The Bertz CT molecular complexity index is 664. The summed E-state index contributed by atoms with van der Waals surface area (Å²) < 4.78 is 24.3. The predicted molar refractivity (Wildman–Crippen MR) is 77.2 cm³/mol. The van der Waals surface area contributed by atoms with Gasteiger partial charge in [-0.1, -0.05) is 6.07 Å². The predicted octanol–water partition coefficient (Wildman–Crippen LogP) is 0.200. The lowest BCUT2D eigenvalue weighted by atomic mass is 10.1. The van der Waals surface area contributed by atoms with Gasteiger partial charge in [0.05, 0.1) is 28.3 Å². The quantitative estimate of drug-likeness (QED) is 0.809. The Hall–Kier alpha value is -1.91. The number of amides is 1. The Morgan fingerprint density at radius 1 is 1.43 bits per heavy atom. The van der Waals surface area contributed by atoms with Crippen LogP contribution in [0.5, 0.6) is 0 Å². The molecule has 21 heavy (non-hydrogen) atoms. The molecule has 1 aliphatic rings. The Morgan fingerprint density at radius 2 is 2.24 bits per heavy atom. The van der Waals surface area contributed by atoms with Gasteiger partial charge in [0.2, 0.25) is 5.91 Å². The van der Waals surface area contributed by atoms with Gasteiger partial charge < -0.3 is 10.6 Å². The van der Waals surface area contributed by atoms with E-state index in [1.54, 1.807) is 12.1 Å². The molecule has 1 unspecified atom stereocenters. The van der Waals surface area contributed by atoms with Crippen molar-refractivity contribution >= 4 is 15.7 Å². The molecule has 0 spiro atoms. The van der Waals surface area contributed by atoms with Crippen LogP contribution < -0.4 is 10.6 Å². The molecule has 1 aromatic carbocycles. The Balaban J connectivity index is 1.95. The van der Waals surface area contributed by atoms with E-state index in [-0.39, 0.29) is 29.1 Å². The summed E-state index contributed by atoms with van der Waals surface area (Å²) in [4.78, 5) is 11.7. The molecule has 0 aliphatic carbocycles. The van der Waals surface area contributed by atoms with E-state index < -0.39 is 9.84 Å². The van der Waals surface area contributed by atoms with Gasteiger partial charge in [0, 0.05) is 13.1 Å². The minimum absolute atomic E-state index is 0.0786. The van der Waals surface area contributed by atoms with Crippen LogP contribution >= 0.6 is 0 Å². The molecule has 0 saturated carbocycles. The lowest BCUT2D eigenvalue weighted by molar-refractivity contribution is -0.124. The second kappa shape index (κ2) is 6.70. The number of hydrogen-bond donors (Lipinski definition) is 2. The zero-order valence-corrected chi connectivity index (χ0v) is 12.3. The lowest BCUT2D eigenvalue weighted by Gasteiger charge is -2.22. The van der Waals surface area contributed by atoms with Crippen LogP contribution in [0.1, 0.15) is 18.4 Å². The fourth-order valence-electron chi connectivity index (χ4n) is 2.21. The highest BCUT2D eigenvalue weighted by molar-refractivity contribution is 7.91. The summed E-state index contributed by atoms with van der Waals surface area (Å²) in [6, 6.07) is 7.55. The molecule has 1 aromatic rings. The molecule has 0 bridgehead atoms. The average Bonchev–Trinajstić information content (AvgIpc) is 2.49. The van der Waals surface area contributed by atoms with Gasteiger partial charge in [-0.2, -0.15) is 5.26 Å². The number of carbonyl (C=O) groups is 1. The van der Waals surface area contributed by atoms with Gasteiger partial charge in [0.15, 0.2) is 9.84 Å². The normalized spacial score (nSPS) is 18.8. The highest BCUT2D eigenvalue weighted by atomic mass is 32.2. The Labute approximate surface area is 124 Å². The molecule has 1 fully saturated rings. The maximum Gasteiger partial charge on any atom is 0.237 e. The van der Waals surface area contributed by atoms with Crippen molar-refractivity contribution in [3.8, 4) is 6.07 Å². The number of hydrogen-bond acceptors (Lipinski definition) is 5. The van der Waals surface area contributed by atoms with E-state index in [9.17, 15) is 13.2 Å². The van der Waals surface area contributed by atoms with E-state index in [1.165, 1.54) is 12.1 Å². The smallest absolute Gasteiger partial charge is 0.237 e. The second-order valence-electron chi connectivity index (χ2n) is 4.90. The van der Waals surface area contributed by atoms with Gasteiger partial charge in [-0.05, 0) is 31.0 Å². The first-order chi connectivity index (χ1) is 10.0. The van der Waals surface area contributed by atoms with Crippen molar-refractivity contribution in [3.63, 3.8) is 0 Å². The number of nitrogens with zero attached hydrogens (tertiary/aromatic N) is 1. The van der Waals surface area contributed by atoms with E-state index in [0.717, 1.165) is 12.8 Å². The monoisotopic (exact) mass is 307 g/mol. The standard InChI is InChI=1S/C14H17N3O3S/c15-10-11-3-1-4-12(9-11)21(19,20)8-7-16-13-5-2-6-17-14(13)18/h1,3-4,9,13,16H,2,5-8H2,(H,17,18). The molecule has 0 aromatic heterocycles. The molecule has 2 N–H and O–H groups in total. The van der Waals surface area contributed by atoms with Crippen molar-refractivity contribution in [3.05, 3.63) is 29.8 Å². The van der Waals surface area contributed by atoms with E-state index in [4.69, 9.17) is 5.26 Å². The van der Waals surface area contributed by atoms with Gasteiger partial charge in [-0.25, -0.2) is 8.42 Å². The summed E-state index contributed by atoms with van der Waals surface area (Å²) in [7, 11) is -3.46. The van der Waals surface area contributed by atoms with Crippen LogP contribution in [0.25, 0.3) is 0 Å². The van der Waals surface area contributed by atoms with Crippen molar-refractivity contribution in [1.82, 2.24) is 10.6 Å². The summed E-state index contributed by atoms with van der Waals surface area (Å²) in [6.45, 7) is 0.882. The summed E-state index contributed by atoms with van der Waals surface area (Å²) in [5.41, 5.74) is 0.315. The molecule has 2 rings (SSSR count). The molecule has 1 heterocycles. The zero-order chi connectivity index (χ0) is 15.3. The van der Waals surface area contributed by atoms with Gasteiger partial charge in [-0.3, -0.25) is 4.79 Å². The average molecular weight is 307 g/mol. The number of piperidine rings is 1. The minimum Gasteiger partial charge on any atom is -0.355 e. The van der Waals surface area contributed by atoms with Crippen LogP contribution in [-0.2, 0) is 14.6 Å². The van der Waals surface area contributed by atoms with Crippen LogP contribution in [0.15, 0.2) is 29.2 Å². The Kier molecular flexibility index (Phi) is 4.94. The number of benzene rings is 1. The molecule has 7 heteroatoms. The zero-order valence-electron chi connectivity index (χ0n) is 11.5. The number of nitrogens with one attached hydrogen (secondary N) is 2. The van der Waals surface area contributed by atoms with Crippen molar-refractivity contribution in [2.24, 2.45) is 0 Å². The van der Waals surface area contributed by atoms with Gasteiger partial charge in [0.25, 0.3) is 0 Å². The topological polar surface area (TPSA) is 99.1 Å². The Morgan fingerprint density at radius 3 is 2.95 bits per heavy atom. The number of nitriles is 1. The third kappa shape index (κ3) is 4.03.